The molecule has 0 fully saturated rings. The molecular formula is C34H45N5O7. The molecule has 12 heteroatoms. The van der Waals surface area contributed by atoms with Crippen LogP contribution in [0.5, 0.6) is 5.75 Å². The highest BCUT2D eigenvalue weighted by molar-refractivity contribution is 5.99. The second kappa shape index (κ2) is 15.9. The average Bonchev–Trinajstić information content (AvgIpc) is 3.43. The molecule has 1 heterocycles. The highest BCUT2D eigenvalue weighted by atomic mass is 16.6. The van der Waals surface area contributed by atoms with E-state index in [1.807, 2.05) is 30.3 Å². The first-order valence-corrected chi connectivity index (χ1v) is 15.2. The van der Waals surface area contributed by atoms with Crippen LogP contribution >= 0.6 is 0 Å². The van der Waals surface area contributed by atoms with E-state index in [-0.39, 0.29) is 6.61 Å². The Balaban J connectivity index is 1.79. The predicted octanol–water partition coefficient (Wildman–Crippen LogP) is 4.79. The van der Waals surface area contributed by atoms with E-state index in [2.05, 4.69) is 21.0 Å². The van der Waals surface area contributed by atoms with E-state index >= 15 is 0 Å². The molecule has 0 aliphatic carbocycles. The lowest BCUT2D eigenvalue weighted by molar-refractivity contribution is -0.146. The first kappa shape index (κ1) is 35.6. The monoisotopic (exact) mass is 635 g/mol. The molecule has 3 aromatic rings. The van der Waals surface area contributed by atoms with Crippen LogP contribution in [0.15, 0.2) is 67.0 Å². The molecule has 1 aromatic heterocycles. The number of ether oxygens (including phenoxy) is 3. The molecule has 1 unspecified atom stereocenters. The maximum Gasteiger partial charge on any atom is 0.408 e. The lowest BCUT2D eigenvalue weighted by atomic mass is 10.0. The van der Waals surface area contributed by atoms with Gasteiger partial charge in [-0.3, -0.25) is 14.3 Å². The van der Waals surface area contributed by atoms with Crippen molar-refractivity contribution in [3.8, 4) is 5.75 Å². The maximum absolute atomic E-state index is 13.6. The second-order valence-electron chi connectivity index (χ2n) is 12.3. The smallest absolute Gasteiger partial charge is 0.408 e. The van der Waals surface area contributed by atoms with E-state index in [9.17, 15) is 19.2 Å². The van der Waals surface area contributed by atoms with Gasteiger partial charge in [0.1, 0.15) is 22.9 Å². The van der Waals surface area contributed by atoms with Gasteiger partial charge in [-0.1, -0.05) is 42.5 Å². The number of aryl methyl sites for hydroxylation is 1. The van der Waals surface area contributed by atoms with Gasteiger partial charge in [-0.2, -0.15) is 5.10 Å². The summed E-state index contributed by atoms with van der Waals surface area (Å²) in [4.78, 5) is 52.3. The first-order valence-electron chi connectivity index (χ1n) is 15.2. The van der Waals surface area contributed by atoms with Crippen LogP contribution in [0.4, 0.5) is 10.5 Å². The number of nitrogens with one attached hydrogen (secondary N) is 3. The Morgan fingerprint density at radius 2 is 1.63 bits per heavy atom. The second-order valence-corrected chi connectivity index (χ2v) is 12.3. The third-order valence-electron chi connectivity index (χ3n) is 6.88. The third kappa shape index (κ3) is 10.6. The molecule has 0 saturated carbocycles. The van der Waals surface area contributed by atoms with Gasteiger partial charge in [-0.05, 0) is 84.1 Å². The first-order chi connectivity index (χ1) is 21.7. The minimum atomic E-state index is -1.38. The SMILES string of the molecule is CCOC(=O)C(c1ccc(OC)cc1)n1cc(NC(=O)[C@@H](CCCc2ccccc2)NC(=O)C(C)(C)NC(=O)OC(C)(C)C)cn1. The zero-order valence-corrected chi connectivity index (χ0v) is 27.6. The summed E-state index contributed by atoms with van der Waals surface area (Å²) in [6.45, 7) is 10.1. The molecule has 2 atom stereocenters. The van der Waals surface area contributed by atoms with E-state index < -0.39 is 47.1 Å². The van der Waals surface area contributed by atoms with Gasteiger partial charge in [-0.25, -0.2) is 9.59 Å². The van der Waals surface area contributed by atoms with Crippen LogP contribution in [0.3, 0.4) is 0 Å². The van der Waals surface area contributed by atoms with E-state index in [4.69, 9.17) is 14.2 Å². The summed E-state index contributed by atoms with van der Waals surface area (Å²) < 4.78 is 17.3. The van der Waals surface area contributed by atoms with Gasteiger partial charge < -0.3 is 30.2 Å². The van der Waals surface area contributed by atoms with E-state index in [1.54, 1.807) is 59.1 Å². The molecule has 46 heavy (non-hydrogen) atoms. The zero-order valence-electron chi connectivity index (χ0n) is 27.6. The summed E-state index contributed by atoms with van der Waals surface area (Å²) in [5.74, 6) is -0.925. The number of amides is 3. The highest BCUT2D eigenvalue weighted by Crippen LogP contribution is 2.24. The van der Waals surface area contributed by atoms with Crippen LogP contribution in [-0.2, 0) is 30.3 Å². The van der Waals surface area contributed by atoms with Crippen molar-refractivity contribution in [1.82, 2.24) is 20.4 Å². The number of methoxy groups -OCH3 is 1. The van der Waals surface area contributed by atoms with Crippen molar-refractivity contribution in [2.45, 2.75) is 84.0 Å². The molecule has 12 nitrogen and oxygen atoms in total. The van der Waals surface area contributed by atoms with Crippen LogP contribution < -0.4 is 20.7 Å². The summed E-state index contributed by atoms with van der Waals surface area (Å²) in [5.41, 5.74) is -0.0891. The van der Waals surface area contributed by atoms with Crippen molar-refractivity contribution >= 4 is 29.6 Å². The molecule has 3 rings (SSSR count). The van der Waals surface area contributed by atoms with Gasteiger partial charge in [0.2, 0.25) is 11.8 Å². The van der Waals surface area contributed by atoms with E-state index in [0.717, 1.165) is 5.56 Å². The number of rotatable bonds is 14. The van der Waals surface area contributed by atoms with Gasteiger partial charge >= 0.3 is 12.1 Å². The largest absolute Gasteiger partial charge is 0.497 e. The number of nitrogens with zero attached hydrogens (tertiary/aromatic N) is 2. The molecule has 0 bridgehead atoms. The molecule has 248 valence electrons. The normalized spacial score (nSPS) is 12.8. The lowest BCUT2D eigenvalue weighted by Gasteiger charge is -2.29. The quantitative estimate of drug-likeness (QED) is 0.214. The van der Waals surface area contributed by atoms with Gasteiger partial charge in [0.05, 0.1) is 25.6 Å². The fourth-order valence-corrected chi connectivity index (χ4v) is 4.56. The number of anilines is 1. The van der Waals surface area contributed by atoms with Crippen LogP contribution in [0.1, 0.15) is 71.6 Å². The fraction of sp³-hybridized carbons (Fsp3) is 0.441. The van der Waals surface area contributed by atoms with Crippen LogP contribution in [0, 0.1) is 0 Å². The molecule has 0 aliphatic rings. The van der Waals surface area contributed by atoms with Crippen molar-refractivity contribution < 1.29 is 33.4 Å². The number of esters is 1. The molecule has 3 amide bonds. The van der Waals surface area contributed by atoms with Gasteiger partial charge in [0.25, 0.3) is 0 Å². The summed E-state index contributed by atoms with van der Waals surface area (Å²) in [5, 5.41) is 12.5. The lowest BCUT2D eigenvalue weighted by Crippen LogP contribution is -2.58. The number of benzene rings is 2. The number of carbonyl (C=O) groups excluding carboxylic acids is 4. The minimum absolute atomic E-state index is 0.180. The van der Waals surface area contributed by atoms with Crippen molar-refractivity contribution in [3.63, 3.8) is 0 Å². The molecule has 2 aromatic carbocycles. The van der Waals surface area contributed by atoms with Gasteiger partial charge in [-0.15, -0.1) is 0 Å². The Bertz CT molecular complexity index is 1460. The summed E-state index contributed by atoms with van der Waals surface area (Å²) in [6.07, 6.45) is 3.81. The molecule has 0 radical (unpaired) electrons. The molecule has 0 saturated heterocycles. The van der Waals surface area contributed by atoms with Gasteiger partial charge in [0, 0.05) is 6.20 Å². The molecule has 0 spiro atoms. The number of alkyl carbamates (subject to hydrolysis) is 1. The Morgan fingerprint density at radius 3 is 2.24 bits per heavy atom. The summed E-state index contributed by atoms with van der Waals surface area (Å²) >= 11 is 0. The van der Waals surface area contributed by atoms with Crippen molar-refractivity contribution in [2.75, 3.05) is 19.0 Å². The predicted molar refractivity (Wildman–Crippen MR) is 173 cm³/mol. The number of aromatic nitrogens is 2. The van der Waals surface area contributed by atoms with E-state index in [0.29, 0.717) is 36.3 Å². The minimum Gasteiger partial charge on any atom is -0.497 e. The Morgan fingerprint density at radius 1 is 0.957 bits per heavy atom. The fourth-order valence-electron chi connectivity index (χ4n) is 4.56. The van der Waals surface area contributed by atoms with Crippen LogP contribution in [0.25, 0.3) is 0 Å². The Labute approximate surface area is 270 Å². The highest BCUT2D eigenvalue weighted by Gasteiger charge is 2.34. The summed E-state index contributed by atoms with van der Waals surface area (Å²) in [7, 11) is 1.55. The van der Waals surface area contributed by atoms with Crippen molar-refractivity contribution in [3.05, 3.63) is 78.1 Å². The molecule has 3 N–H and O–H groups in total. The maximum atomic E-state index is 13.6. The standard InChI is InChI=1S/C34H45N5O7/c1-8-45-30(41)28(24-17-19-26(44-7)20-18-24)39-22-25(21-35-39)36-29(40)27(16-12-15-23-13-10-9-11-14-23)37-31(42)34(5,6)38-32(43)46-33(2,3)4/h9-11,13-14,17-22,27-28H,8,12,15-16H2,1-7H3,(H,36,40)(H,37,42)(H,38,43)/t27-,28?/m1/s1. The average molecular weight is 636 g/mol. The number of hydrogen-bond acceptors (Lipinski definition) is 8. The van der Waals surface area contributed by atoms with Crippen molar-refractivity contribution in [1.29, 1.82) is 0 Å². The summed E-state index contributed by atoms with van der Waals surface area (Å²) in [6, 6.07) is 14.9. The molecular weight excluding hydrogens is 590 g/mol. The van der Waals surface area contributed by atoms with E-state index in [1.165, 1.54) is 30.9 Å². The van der Waals surface area contributed by atoms with Crippen LogP contribution in [0.2, 0.25) is 0 Å². The van der Waals surface area contributed by atoms with Gasteiger partial charge in [0.15, 0.2) is 6.04 Å². The molecule has 0 aliphatic heterocycles. The third-order valence-corrected chi connectivity index (χ3v) is 6.88. The Kier molecular flexibility index (Phi) is 12.3. The topological polar surface area (TPSA) is 150 Å². The zero-order chi connectivity index (χ0) is 33.9. The van der Waals surface area contributed by atoms with Crippen molar-refractivity contribution in [2.24, 2.45) is 0 Å². The number of hydrogen-bond donors (Lipinski definition) is 3. The Hall–Kier alpha value is -4.87. The van der Waals surface area contributed by atoms with Crippen LogP contribution in [-0.4, -0.2) is 64.6 Å². The number of carbonyl (C=O) groups is 4.